The lowest BCUT2D eigenvalue weighted by molar-refractivity contribution is -0.117. The SMILES string of the molecule is O=C(c1cnc2c(c1)N(CC1CCOCC1)C(=O)CN2)N1CCCC(Cn2ccnc2)C1. The van der Waals surface area contributed by atoms with Gasteiger partial charge in [0.2, 0.25) is 5.91 Å². The second-order valence-electron chi connectivity index (χ2n) is 9.02. The second-order valence-corrected chi connectivity index (χ2v) is 9.02. The lowest BCUT2D eigenvalue weighted by atomic mass is 9.97. The number of carbonyl (C=O) groups excluding carboxylic acids is 2. The van der Waals surface area contributed by atoms with Gasteiger partial charge in [0.15, 0.2) is 0 Å². The molecule has 0 radical (unpaired) electrons. The van der Waals surface area contributed by atoms with E-state index in [1.165, 1.54) is 0 Å². The van der Waals surface area contributed by atoms with Crippen molar-refractivity contribution in [2.75, 3.05) is 49.6 Å². The van der Waals surface area contributed by atoms with Crippen molar-refractivity contribution in [2.24, 2.45) is 11.8 Å². The Bertz CT molecular complexity index is 957. The largest absolute Gasteiger partial charge is 0.381 e. The molecule has 32 heavy (non-hydrogen) atoms. The Kier molecular flexibility index (Phi) is 6.07. The number of carbonyl (C=O) groups is 2. The van der Waals surface area contributed by atoms with Crippen LogP contribution in [0.1, 0.15) is 36.0 Å². The Morgan fingerprint density at radius 1 is 1.19 bits per heavy atom. The molecule has 3 aliphatic heterocycles. The number of hydrogen-bond acceptors (Lipinski definition) is 6. The molecule has 2 amide bonds. The van der Waals surface area contributed by atoms with Gasteiger partial charge in [0.1, 0.15) is 5.82 Å². The predicted octanol–water partition coefficient (Wildman–Crippen LogP) is 2.02. The van der Waals surface area contributed by atoms with Crippen molar-refractivity contribution >= 4 is 23.3 Å². The van der Waals surface area contributed by atoms with Crippen LogP contribution < -0.4 is 10.2 Å². The molecule has 0 aliphatic carbocycles. The summed E-state index contributed by atoms with van der Waals surface area (Å²) in [4.78, 5) is 38.4. The minimum absolute atomic E-state index is 0.0142. The number of rotatable bonds is 5. The first-order valence-corrected chi connectivity index (χ1v) is 11.5. The van der Waals surface area contributed by atoms with E-state index in [4.69, 9.17) is 4.74 Å². The number of likely N-dealkylation sites (tertiary alicyclic amines) is 1. The molecular formula is C23H30N6O3. The molecule has 0 aromatic carbocycles. The van der Waals surface area contributed by atoms with Crippen LogP contribution in [0.4, 0.5) is 11.5 Å². The van der Waals surface area contributed by atoms with Gasteiger partial charge in [0, 0.05) is 58.0 Å². The van der Waals surface area contributed by atoms with E-state index in [0.717, 1.165) is 58.5 Å². The number of nitrogens with one attached hydrogen (secondary N) is 1. The number of pyridine rings is 1. The average Bonchev–Trinajstić information content (AvgIpc) is 3.34. The van der Waals surface area contributed by atoms with E-state index in [0.29, 0.717) is 35.4 Å². The fourth-order valence-corrected chi connectivity index (χ4v) is 4.96. The summed E-state index contributed by atoms with van der Waals surface area (Å²) in [5.41, 5.74) is 1.26. The van der Waals surface area contributed by atoms with Crippen LogP contribution >= 0.6 is 0 Å². The van der Waals surface area contributed by atoms with Gasteiger partial charge in [-0.3, -0.25) is 9.59 Å². The number of ether oxygens (including phenoxy) is 1. The first-order chi connectivity index (χ1) is 15.7. The number of piperidine rings is 1. The molecule has 9 nitrogen and oxygen atoms in total. The van der Waals surface area contributed by atoms with Crippen LogP contribution in [0.25, 0.3) is 0 Å². The summed E-state index contributed by atoms with van der Waals surface area (Å²) in [6.45, 7) is 4.69. The van der Waals surface area contributed by atoms with E-state index in [9.17, 15) is 9.59 Å². The van der Waals surface area contributed by atoms with E-state index < -0.39 is 0 Å². The van der Waals surface area contributed by atoms with Gasteiger partial charge in [-0.05, 0) is 43.6 Å². The van der Waals surface area contributed by atoms with Crippen LogP contribution in [0.15, 0.2) is 31.0 Å². The number of fused-ring (bicyclic) bond motifs is 1. The number of nitrogens with zero attached hydrogens (tertiary/aromatic N) is 5. The minimum Gasteiger partial charge on any atom is -0.381 e. The third-order valence-corrected chi connectivity index (χ3v) is 6.73. The Balaban J connectivity index is 1.31. The van der Waals surface area contributed by atoms with Gasteiger partial charge >= 0.3 is 0 Å². The molecule has 5 rings (SSSR count). The van der Waals surface area contributed by atoms with Crippen molar-refractivity contribution in [3.8, 4) is 0 Å². The van der Waals surface area contributed by atoms with Crippen molar-refractivity contribution in [3.63, 3.8) is 0 Å². The first-order valence-electron chi connectivity index (χ1n) is 11.5. The van der Waals surface area contributed by atoms with Gasteiger partial charge in [-0.15, -0.1) is 0 Å². The highest BCUT2D eigenvalue weighted by molar-refractivity contribution is 6.04. The lowest BCUT2D eigenvalue weighted by Gasteiger charge is -2.35. The summed E-state index contributed by atoms with van der Waals surface area (Å²) in [5, 5.41) is 3.10. The Morgan fingerprint density at radius 3 is 2.88 bits per heavy atom. The van der Waals surface area contributed by atoms with Crippen LogP contribution in [0.2, 0.25) is 0 Å². The van der Waals surface area contributed by atoms with Gasteiger partial charge in [0.25, 0.3) is 5.91 Å². The molecule has 2 aromatic rings. The van der Waals surface area contributed by atoms with Crippen LogP contribution in [0.3, 0.4) is 0 Å². The number of hydrogen-bond donors (Lipinski definition) is 1. The second kappa shape index (κ2) is 9.28. The maximum absolute atomic E-state index is 13.3. The van der Waals surface area contributed by atoms with Crippen molar-refractivity contribution in [1.29, 1.82) is 0 Å². The highest BCUT2D eigenvalue weighted by Crippen LogP contribution is 2.31. The lowest BCUT2D eigenvalue weighted by Crippen LogP contribution is -2.44. The molecule has 1 N–H and O–H groups in total. The van der Waals surface area contributed by atoms with Crippen LogP contribution in [-0.4, -0.2) is 70.6 Å². The average molecular weight is 439 g/mol. The van der Waals surface area contributed by atoms with Crippen molar-refractivity contribution in [2.45, 2.75) is 32.2 Å². The number of aromatic nitrogens is 3. The van der Waals surface area contributed by atoms with E-state index >= 15 is 0 Å². The molecule has 2 saturated heterocycles. The van der Waals surface area contributed by atoms with Crippen LogP contribution in [-0.2, 0) is 16.1 Å². The monoisotopic (exact) mass is 438 g/mol. The molecule has 3 aliphatic rings. The van der Waals surface area contributed by atoms with E-state index in [2.05, 4.69) is 19.9 Å². The number of anilines is 2. The quantitative estimate of drug-likeness (QED) is 0.768. The number of amides is 2. The summed E-state index contributed by atoms with van der Waals surface area (Å²) < 4.78 is 7.54. The molecule has 9 heteroatoms. The molecule has 5 heterocycles. The van der Waals surface area contributed by atoms with Gasteiger partial charge in [0.05, 0.1) is 24.1 Å². The van der Waals surface area contributed by atoms with E-state index in [1.54, 1.807) is 12.4 Å². The fourth-order valence-electron chi connectivity index (χ4n) is 4.96. The highest BCUT2D eigenvalue weighted by Gasteiger charge is 2.30. The third-order valence-electron chi connectivity index (χ3n) is 6.73. The fraction of sp³-hybridized carbons (Fsp3) is 0.565. The van der Waals surface area contributed by atoms with Gasteiger partial charge in [-0.25, -0.2) is 9.97 Å². The van der Waals surface area contributed by atoms with E-state index in [-0.39, 0.29) is 18.4 Å². The molecule has 0 bridgehead atoms. The first kappa shape index (κ1) is 20.9. The van der Waals surface area contributed by atoms with Crippen molar-refractivity contribution in [1.82, 2.24) is 19.4 Å². The standard InChI is InChI=1S/C23H30N6O3/c30-21-12-26-22-20(29(21)15-17-3-8-32-9-4-17)10-19(11-25-22)23(31)28-6-1-2-18(14-28)13-27-7-5-24-16-27/h5,7,10-11,16-18H,1-4,6,8-9,12-15H2,(H,25,26). The topological polar surface area (TPSA) is 92.6 Å². The van der Waals surface area contributed by atoms with Gasteiger partial charge in [-0.2, -0.15) is 0 Å². The maximum atomic E-state index is 13.3. The van der Waals surface area contributed by atoms with E-state index in [1.807, 2.05) is 28.4 Å². The Morgan fingerprint density at radius 2 is 2.06 bits per heavy atom. The third kappa shape index (κ3) is 4.48. The van der Waals surface area contributed by atoms with Crippen molar-refractivity contribution in [3.05, 3.63) is 36.5 Å². The molecular weight excluding hydrogens is 408 g/mol. The summed E-state index contributed by atoms with van der Waals surface area (Å²) >= 11 is 0. The summed E-state index contributed by atoms with van der Waals surface area (Å²) in [6, 6.07) is 1.84. The zero-order valence-corrected chi connectivity index (χ0v) is 18.3. The number of imidazole rings is 1. The molecule has 170 valence electrons. The molecule has 2 fully saturated rings. The summed E-state index contributed by atoms with van der Waals surface area (Å²) in [6.07, 6.45) is 11.2. The normalized spacial score (nSPS) is 21.9. The summed E-state index contributed by atoms with van der Waals surface area (Å²) in [5.74, 6) is 1.49. The van der Waals surface area contributed by atoms with Crippen LogP contribution in [0, 0.1) is 11.8 Å². The predicted molar refractivity (Wildman–Crippen MR) is 119 cm³/mol. The minimum atomic E-state index is -0.0142. The summed E-state index contributed by atoms with van der Waals surface area (Å²) in [7, 11) is 0. The highest BCUT2D eigenvalue weighted by atomic mass is 16.5. The molecule has 0 spiro atoms. The Labute approximate surface area is 187 Å². The molecule has 1 unspecified atom stereocenters. The zero-order chi connectivity index (χ0) is 21.9. The zero-order valence-electron chi connectivity index (χ0n) is 18.3. The molecule has 2 aromatic heterocycles. The smallest absolute Gasteiger partial charge is 0.255 e. The van der Waals surface area contributed by atoms with Gasteiger partial charge < -0.3 is 24.4 Å². The maximum Gasteiger partial charge on any atom is 0.255 e. The Hall–Kier alpha value is -2.94. The molecule has 1 atom stereocenters. The molecule has 0 saturated carbocycles. The van der Waals surface area contributed by atoms with Crippen LogP contribution in [0.5, 0.6) is 0 Å². The van der Waals surface area contributed by atoms with Crippen molar-refractivity contribution < 1.29 is 14.3 Å². The van der Waals surface area contributed by atoms with Gasteiger partial charge in [-0.1, -0.05) is 0 Å².